The number of aliphatic carboxylic acids is 1. The van der Waals surface area contributed by atoms with Crippen LogP contribution in [0.1, 0.15) is 20.3 Å². The van der Waals surface area contributed by atoms with Crippen LogP contribution in [0.15, 0.2) is 11.0 Å². The van der Waals surface area contributed by atoms with E-state index in [1.165, 1.54) is 23.5 Å². The number of Topliss-reactive ketones (excluding diaryl/α,β-unsaturated/α-hetero) is 1. The predicted molar refractivity (Wildman–Crippen MR) is 87.2 cm³/mol. The highest BCUT2D eigenvalue weighted by Crippen LogP contribution is 2.45. The molecule has 2 heterocycles. The highest BCUT2D eigenvalue weighted by atomic mass is 32.2. The van der Waals surface area contributed by atoms with Gasteiger partial charge in [0.25, 0.3) is 5.91 Å². The summed E-state index contributed by atoms with van der Waals surface area (Å²) in [4.78, 5) is 37.8. The van der Waals surface area contributed by atoms with Gasteiger partial charge in [0.15, 0.2) is 5.78 Å². The molecule has 3 unspecified atom stereocenters. The SMILES string of the molecule is C/C=C1/SC(C2SC(=S)C(CC(=O)O)C2=O)N(CC)C1=O. The van der Waals surface area contributed by atoms with Crippen molar-refractivity contribution in [3.63, 3.8) is 0 Å². The Balaban J connectivity index is 2.23. The van der Waals surface area contributed by atoms with Crippen LogP contribution >= 0.6 is 35.7 Å². The van der Waals surface area contributed by atoms with E-state index in [0.717, 1.165) is 0 Å². The standard InChI is InChI=1S/C13H15NO4S3/c1-3-7-11(18)14(4-2)12(20-7)10-9(17)6(5-8(15)16)13(19)21-10/h3,6,10,12H,4-5H2,1-2H3,(H,15,16)/b7-3+. The Hall–Kier alpha value is -0.860. The van der Waals surface area contributed by atoms with Crippen LogP contribution in [0.4, 0.5) is 0 Å². The first-order valence-electron chi connectivity index (χ1n) is 6.50. The lowest BCUT2D eigenvalue weighted by Crippen LogP contribution is -2.41. The van der Waals surface area contributed by atoms with E-state index in [1.807, 2.05) is 6.92 Å². The number of ketones is 1. The number of thioether (sulfide) groups is 2. The Morgan fingerprint density at radius 3 is 2.62 bits per heavy atom. The number of allylic oxidation sites excluding steroid dienone is 1. The Kier molecular flexibility index (Phi) is 5.11. The predicted octanol–water partition coefficient (Wildman–Crippen LogP) is 1.91. The summed E-state index contributed by atoms with van der Waals surface area (Å²) in [7, 11) is 0. The number of carbonyl (C=O) groups is 3. The summed E-state index contributed by atoms with van der Waals surface area (Å²) in [6, 6.07) is 0. The van der Waals surface area contributed by atoms with Gasteiger partial charge in [-0.2, -0.15) is 0 Å². The topological polar surface area (TPSA) is 74.7 Å². The fourth-order valence-corrected chi connectivity index (χ4v) is 5.62. The zero-order valence-corrected chi connectivity index (χ0v) is 14.0. The molecule has 0 aliphatic carbocycles. The third kappa shape index (κ3) is 3.02. The number of carbonyl (C=O) groups excluding carboxylic acids is 2. The molecule has 1 N–H and O–H groups in total. The maximum absolute atomic E-state index is 12.5. The first-order valence-corrected chi connectivity index (χ1v) is 8.67. The Morgan fingerprint density at radius 1 is 1.43 bits per heavy atom. The summed E-state index contributed by atoms with van der Waals surface area (Å²) in [5, 5.41) is 8.10. The summed E-state index contributed by atoms with van der Waals surface area (Å²) in [6.07, 6.45) is 1.47. The van der Waals surface area contributed by atoms with E-state index in [4.69, 9.17) is 17.3 Å². The second kappa shape index (κ2) is 6.50. The highest BCUT2D eigenvalue weighted by Gasteiger charge is 2.50. The van der Waals surface area contributed by atoms with E-state index in [0.29, 0.717) is 15.6 Å². The third-order valence-electron chi connectivity index (χ3n) is 3.42. The molecule has 2 saturated heterocycles. The smallest absolute Gasteiger partial charge is 0.304 e. The minimum absolute atomic E-state index is 0.0731. The molecule has 8 heteroatoms. The van der Waals surface area contributed by atoms with Gasteiger partial charge < -0.3 is 10.0 Å². The average Bonchev–Trinajstić information content (AvgIpc) is 2.89. The van der Waals surface area contributed by atoms with Gasteiger partial charge in [-0.05, 0) is 13.8 Å². The quantitative estimate of drug-likeness (QED) is 0.616. The Bertz CT molecular complexity index is 546. The number of carboxylic acids is 1. The van der Waals surface area contributed by atoms with Crippen LogP contribution in [0.3, 0.4) is 0 Å². The van der Waals surface area contributed by atoms with Crippen molar-refractivity contribution in [1.29, 1.82) is 0 Å². The van der Waals surface area contributed by atoms with Gasteiger partial charge in [0.05, 0.1) is 26.7 Å². The molecule has 3 atom stereocenters. The lowest BCUT2D eigenvalue weighted by Gasteiger charge is -2.25. The van der Waals surface area contributed by atoms with E-state index in [2.05, 4.69) is 0 Å². The zero-order valence-electron chi connectivity index (χ0n) is 11.6. The van der Waals surface area contributed by atoms with E-state index in [1.54, 1.807) is 17.9 Å². The molecule has 0 saturated carbocycles. The van der Waals surface area contributed by atoms with Crippen LogP contribution < -0.4 is 0 Å². The van der Waals surface area contributed by atoms with Crippen LogP contribution in [0.5, 0.6) is 0 Å². The van der Waals surface area contributed by atoms with Gasteiger partial charge >= 0.3 is 5.97 Å². The van der Waals surface area contributed by atoms with Crippen LogP contribution in [-0.4, -0.2) is 49.0 Å². The van der Waals surface area contributed by atoms with Crippen molar-refractivity contribution in [3.8, 4) is 0 Å². The normalized spacial score (nSPS) is 31.5. The molecule has 2 aliphatic rings. The first kappa shape index (κ1) is 16.5. The molecule has 114 valence electrons. The summed E-state index contributed by atoms with van der Waals surface area (Å²) < 4.78 is 0.422. The minimum Gasteiger partial charge on any atom is -0.481 e. The molecular formula is C13H15NO4S3. The molecule has 0 spiro atoms. The van der Waals surface area contributed by atoms with Crippen molar-refractivity contribution in [2.75, 3.05) is 6.54 Å². The molecule has 0 radical (unpaired) electrons. The highest BCUT2D eigenvalue weighted by molar-refractivity contribution is 8.25. The lowest BCUT2D eigenvalue weighted by molar-refractivity contribution is -0.139. The number of rotatable bonds is 4. The monoisotopic (exact) mass is 345 g/mol. The van der Waals surface area contributed by atoms with Crippen molar-refractivity contribution < 1.29 is 19.5 Å². The Labute approximate surface area is 136 Å². The van der Waals surface area contributed by atoms with Gasteiger partial charge in [0.1, 0.15) is 5.37 Å². The van der Waals surface area contributed by atoms with Crippen LogP contribution in [0, 0.1) is 5.92 Å². The fraction of sp³-hybridized carbons (Fsp3) is 0.538. The molecule has 21 heavy (non-hydrogen) atoms. The van der Waals surface area contributed by atoms with Crippen molar-refractivity contribution in [2.45, 2.75) is 30.9 Å². The summed E-state index contributed by atoms with van der Waals surface area (Å²) in [5.74, 6) is -2.00. The van der Waals surface area contributed by atoms with Crippen LogP contribution in [-0.2, 0) is 14.4 Å². The number of thiocarbonyl (C=S) groups is 1. The van der Waals surface area contributed by atoms with Crippen molar-refractivity contribution in [2.24, 2.45) is 5.92 Å². The van der Waals surface area contributed by atoms with Crippen molar-refractivity contribution >= 4 is 57.6 Å². The number of hydrogen-bond donors (Lipinski definition) is 1. The maximum atomic E-state index is 12.5. The van der Waals surface area contributed by atoms with Gasteiger partial charge in [-0.25, -0.2) is 0 Å². The van der Waals surface area contributed by atoms with Gasteiger partial charge in [-0.1, -0.05) is 30.1 Å². The number of nitrogens with zero attached hydrogens (tertiary/aromatic N) is 1. The summed E-state index contributed by atoms with van der Waals surface area (Å²) >= 11 is 7.76. The Morgan fingerprint density at radius 2 is 2.10 bits per heavy atom. The molecule has 2 aliphatic heterocycles. The largest absolute Gasteiger partial charge is 0.481 e. The van der Waals surface area contributed by atoms with Crippen LogP contribution in [0.25, 0.3) is 0 Å². The fourth-order valence-electron chi connectivity index (χ4n) is 2.38. The number of amides is 1. The summed E-state index contributed by atoms with van der Waals surface area (Å²) in [5.41, 5.74) is 0. The van der Waals surface area contributed by atoms with E-state index in [-0.39, 0.29) is 23.5 Å². The number of likely N-dealkylation sites (N-methyl/N-ethyl adjacent to an activating group) is 1. The first-order chi connectivity index (χ1) is 9.90. The van der Waals surface area contributed by atoms with Gasteiger partial charge in [-0.3, -0.25) is 14.4 Å². The van der Waals surface area contributed by atoms with Gasteiger partial charge in [0.2, 0.25) is 0 Å². The van der Waals surface area contributed by atoms with E-state index >= 15 is 0 Å². The minimum atomic E-state index is -1.03. The summed E-state index contributed by atoms with van der Waals surface area (Å²) in [6.45, 7) is 4.16. The molecule has 0 aromatic heterocycles. The second-order valence-electron chi connectivity index (χ2n) is 4.66. The van der Waals surface area contributed by atoms with Gasteiger partial charge in [-0.15, -0.1) is 11.8 Å². The molecule has 0 aromatic carbocycles. The molecule has 0 aromatic rings. The lowest BCUT2D eigenvalue weighted by atomic mass is 10.00. The molecule has 2 fully saturated rings. The van der Waals surface area contributed by atoms with Gasteiger partial charge in [0, 0.05) is 6.54 Å². The molecule has 1 amide bonds. The maximum Gasteiger partial charge on any atom is 0.304 e. The second-order valence-corrected chi connectivity index (χ2v) is 7.70. The van der Waals surface area contributed by atoms with E-state index in [9.17, 15) is 14.4 Å². The number of hydrogen-bond acceptors (Lipinski definition) is 6. The van der Waals surface area contributed by atoms with Crippen LogP contribution in [0.2, 0.25) is 0 Å². The van der Waals surface area contributed by atoms with E-state index < -0.39 is 17.1 Å². The third-order valence-corrected chi connectivity index (χ3v) is 6.86. The average molecular weight is 345 g/mol. The zero-order chi connectivity index (χ0) is 15.7. The molecule has 2 rings (SSSR count). The van der Waals surface area contributed by atoms with Crippen molar-refractivity contribution in [3.05, 3.63) is 11.0 Å². The van der Waals surface area contributed by atoms with Crippen molar-refractivity contribution in [1.82, 2.24) is 4.90 Å². The number of carboxylic acid groups (broad SMARTS) is 1. The molecule has 0 bridgehead atoms. The molecule has 5 nitrogen and oxygen atoms in total. The molecular weight excluding hydrogens is 330 g/mol.